The number of hydrogen-bond donors (Lipinski definition) is 0. The van der Waals surface area contributed by atoms with Gasteiger partial charge < -0.3 is 9.47 Å². The number of methoxy groups -OCH3 is 1. The van der Waals surface area contributed by atoms with Crippen molar-refractivity contribution in [3.05, 3.63) is 65.0 Å². The lowest BCUT2D eigenvalue weighted by atomic mass is 9.98. The Balaban J connectivity index is 2.13. The minimum absolute atomic E-state index is 0.326. The summed E-state index contributed by atoms with van der Waals surface area (Å²) in [5.74, 6) is -0.116. The van der Waals surface area contributed by atoms with Crippen molar-refractivity contribution in [2.75, 3.05) is 7.11 Å². The number of rotatable bonds is 2. The summed E-state index contributed by atoms with van der Waals surface area (Å²) in [5.41, 5.74) is 1.91. The summed E-state index contributed by atoms with van der Waals surface area (Å²) < 4.78 is 23.6. The molecule has 0 amide bonds. The Labute approximate surface area is 109 Å². The second-order valence-electron chi connectivity index (χ2n) is 4.26. The second kappa shape index (κ2) is 4.39. The quantitative estimate of drug-likeness (QED) is 0.776. The SMILES string of the molecule is COc1cccc2c1C(c1ccc(F)cc1)OC2=O. The number of hydrogen-bond acceptors (Lipinski definition) is 3. The standard InChI is InChI=1S/C15H11FO3/c1-18-12-4-2-3-11-13(12)14(19-15(11)17)9-5-7-10(16)8-6-9/h2-8,14H,1H3. The number of carbonyl (C=O) groups is 1. The van der Waals surface area contributed by atoms with E-state index >= 15 is 0 Å². The first kappa shape index (κ1) is 11.7. The van der Waals surface area contributed by atoms with Crippen molar-refractivity contribution in [3.8, 4) is 5.75 Å². The lowest BCUT2D eigenvalue weighted by Crippen LogP contribution is -2.02. The van der Waals surface area contributed by atoms with E-state index < -0.39 is 6.10 Å². The van der Waals surface area contributed by atoms with Crippen LogP contribution >= 0.6 is 0 Å². The molecule has 1 aliphatic heterocycles. The molecule has 0 aromatic heterocycles. The maximum absolute atomic E-state index is 13.0. The Morgan fingerprint density at radius 1 is 1.16 bits per heavy atom. The predicted octanol–water partition coefficient (Wildman–Crippen LogP) is 3.09. The van der Waals surface area contributed by atoms with Gasteiger partial charge in [-0.25, -0.2) is 9.18 Å². The Bertz CT molecular complexity index is 634. The lowest BCUT2D eigenvalue weighted by molar-refractivity contribution is 0.0454. The Morgan fingerprint density at radius 3 is 2.58 bits per heavy atom. The molecule has 0 saturated carbocycles. The molecule has 1 heterocycles. The Kier molecular flexibility index (Phi) is 2.71. The van der Waals surface area contributed by atoms with Crippen molar-refractivity contribution in [2.24, 2.45) is 0 Å². The van der Waals surface area contributed by atoms with Crippen LogP contribution in [0.15, 0.2) is 42.5 Å². The van der Waals surface area contributed by atoms with Crippen molar-refractivity contribution in [1.82, 2.24) is 0 Å². The highest BCUT2D eigenvalue weighted by Gasteiger charge is 2.34. The van der Waals surface area contributed by atoms with Crippen molar-refractivity contribution in [2.45, 2.75) is 6.10 Å². The van der Waals surface area contributed by atoms with Crippen LogP contribution in [-0.4, -0.2) is 13.1 Å². The molecule has 0 bridgehead atoms. The number of halogens is 1. The number of ether oxygens (including phenoxy) is 2. The van der Waals surface area contributed by atoms with E-state index in [9.17, 15) is 9.18 Å². The van der Waals surface area contributed by atoms with Gasteiger partial charge in [0.1, 0.15) is 11.6 Å². The first-order chi connectivity index (χ1) is 9.20. The van der Waals surface area contributed by atoms with Crippen LogP contribution in [0, 0.1) is 5.82 Å². The van der Waals surface area contributed by atoms with Crippen LogP contribution < -0.4 is 4.74 Å². The fourth-order valence-corrected chi connectivity index (χ4v) is 2.27. The average molecular weight is 258 g/mol. The molecule has 1 atom stereocenters. The normalized spacial score (nSPS) is 16.9. The van der Waals surface area contributed by atoms with Crippen molar-refractivity contribution in [3.63, 3.8) is 0 Å². The fourth-order valence-electron chi connectivity index (χ4n) is 2.27. The van der Waals surface area contributed by atoms with Gasteiger partial charge >= 0.3 is 5.97 Å². The van der Waals surface area contributed by atoms with E-state index in [1.54, 1.807) is 37.4 Å². The van der Waals surface area contributed by atoms with Gasteiger partial charge in [0.05, 0.1) is 18.2 Å². The van der Waals surface area contributed by atoms with Gasteiger partial charge in [-0.2, -0.15) is 0 Å². The first-order valence-electron chi connectivity index (χ1n) is 5.84. The third kappa shape index (κ3) is 1.85. The monoisotopic (exact) mass is 258 g/mol. The number of carbonyl (C=O) groups excluding carboxylic acids is 1. The van der Waals surface area contributed by atoms with Crippen LogP contribution in [0.5, 0.6) is 5.75 Å². The van der Waals surface area contributed by atoms with Gasteiger partial charge in [0.15, 0.2) is 6.10 Å². The van der Waals surface area contributed by atoms with Crippen molar-refractivity contribution >= 4 is 5.97 Å². The minimum atomic E-state index is -0.542. The smallest absolute Gasteiger partial charge is 0.339 e. The molecule has 4 heteroatoms. The van der Waals surface area contributed by atoms with Crippen LogP contribution in [0.25, 0.3) is 0 Å². The molecule has 0 spiro atoms. The van der Waals surface area contributed by atoms with E-state index in [2.05, 4.69) is 0 Å². The Hall–Kier alpha value is -2.36. The van der Waals surface area contributed by atoms with E-state index in [0.29, 0.717) is 16.9 Å². The van der Waals surface area contributed by atoms with Crippen molar-refractivity contribution < 1.29 is 18.7 Å². The van der Waals surface area contributed by atoms with Gasteiger partial charge in [-0.05, 0) is 29.8 Å². The summed E-state index contributed by atoms with van der Waals surface area (Å²) in [5, 5.41) is 0. The van der Waals surface area contributed by atoms with Crippen LogP contribution in [0.1, 0.15) is 27.6 Å². The molecule has 1 aliphatic rings. The summed E-state index contributed by atoms with van der Waals surface area (Å²) >= 11 is 0. The third-order valence-electron chi connectivity index (χ3n) is 3.17. The molecular weight excluding hydrogens is 247 g/mol. The first-order valence-corrected chi connectivity index (χ1v) is 5.84. The van der Waals surface area contributed by atoms with Gasteiger partial charge in [-0.3, -0.25) is 0 Å². The van der Waals surface area contributed by atoms with Gasteiger partial charge in [0.2, 0.25) is 0 Å². The topological polar surface area (TPSA) is 35.5 Å². The highest BCUT2D eigenvalue weighted by molar-refractivity contribution is 5.95. The zero-order valence-corrected chi connectivity index (χ0v) is 10.2. The largest absolute Gasteiger partial charge is 0.496 e. The van der Waals surface area contributed by atoms with Crippen LogP contribution in [0.3, 0.4) is 0 Å². The zero-order chi connectivity index (χ0) is 13.4. The molecule has 2 aromatic carbocycles. The molecule has 19 heavy (non-hydrogen) atoms. The highest BCUT2D eigenvalue weighted by atomic mass is 19.1. The number of fused-ring (bicyclic) bond motifs is 1. The maximum Gasteiger partial charge on any atom is 0.339 e. The maximum atomic E-state index is 13.0. The van der Waals surface area contributed by atoms with Crippen molar-refractivity contribution in [1.29, 1.82) is 0 Å². The molecule has 0 fully saturated rings. The molecule has 1 unspecified atom stereocenters. The molecule has 96 valence electrons. The van der Waals surface area contributed by atoms with Gasteiger partial charge in [0, 0.05) is 0 Å². The molecule has 0 N–H and O–H groups in total. The molecule has 0 radical (unpaired) electrons. The molecule has 3 rings (SSSR count). The van der Waals surface area contributed by atoms with E-state index in [1.165, 1.54) is 12.1 Å². The van der Waals surface area contributed by atoms with Gasteiger partial charge in [-0.15, -0.1) is 0 Å². The summed E-state index contributed by atoms with van der Waals surface area (Å²) in [4.78, 5) is 11.8. The van der Waals surface area contributed by atoms with E-state index in [0.717, 1.165) is 5.56 Å². The fraction of sp³-hybridized carbons (Fsp3) is 0.133. The summed E-state index contributed by atoms with van der Waals surface area (Å²) in [7, 11) is 1.54. The third-order valence-corrected chi connectivity index (χ3v) is 3.17. The average Bonchev–Trinajstić information content (AvgIpc) is 2.77. The number of benzene rings is 2. The second-order valence-corrected chi connectivity index (χ2v) is 4.26. The highest BCUT2D eigenvalue weighted by Crippen LogP contribution is 2.41. The molecule has 0 saturated heterocycles. The minimum Gasteiger partial charge on any atom is -0.496 e. The molecule has 2 aromatic rings. The van der Waals surface area contributed by atoms with Gasteiger partial charge in [-0.1, -0.05) is 18.2 Å². The van der Waals surface area contributed by atoms with Gasteiger partial charge in [0.25, 0.3) is 0 Å². The molecular formula is C15H11FO3. The lowest BCUT2D eigenvalue weighted by Gasteiger charge is -2.13. The van der Waals surface area contributed by atoms with E-state index in [1.807, 2.05) is 0 Å². The Morgan fingerprint density at radius 2 is 1.89 bits per heavy atom. The number of esters is 1. The van der Waals surface area contributed by atoms with E-state index in [-0.39, 0.29) is 11.8 Å². The summed E-state index contributed by atoms with van der Waals surface area (Å²) in [6.45, 7) is 0. The van der Waals surface area contributed by atoms with Crippen LogP contribution in [0.4, 0.5) is 4.39 Å². The molecule has 3 nitrogen and oxygen atoms in total. The summed E-state index contributed by atoms with van der Waals surface area (Å²) in [6, 6.07) is 11.1. The van der Waals surface area contributed by atoms with Crippen LogP contribution in [0.2, 0.25) is 0 Å². The number of cyclic esters (lactones) is 1. The van der Waals surface area contributed by atoms with E-state index in [4.69, 9.17) is 9.47 Å². The zero-order valence-electron chi connectivity index (χ0n) is 10.2. The summed E-state index contributed by atoms with van der Waals surface area (Å²) in [6.07, 6.45) is -0.542. The molecule has 0 aliphatic carbocycles. The van der Waals surface area contributed by atoms with Crippen LogP contribution in [-0.2, 0) is 4.74 Å². The predicted molar refractivity (Wildman–Crippen MR) is 66.7 cm³/mol.